The van der Waals surface area contributed by atoms with E-state index in [9.17, 15) is 19.2 Å². The highest BCUT2D eigenvalue weighted by Crippen LogP contribution is 2.28. The van der Waals surface area contributed by atoms with Gasteiger partial charge in [-0.15, -0.1) is 0 Å². The van der Waals surface area contributed by atoms with Gasteiger partial charge in [-0.25, -0.2) is 18.8 Å². The van der Waals surface area contributed by atoms with Crippen molar-refractivity contribution in [3.8, 4) is 16.9 Å². The standard InChI is InChI=1S/C33H33FO8/c1-19(2)31(36)39-13-7-9-22-15-23(10-8-14-40-32(37)20(3)4)30-26(16-22)29(35)27(18-41-30)25-12-11-24(17-28(25)34)42-33(38)21(5)6/h11-12,15-18H,1,3,5,7-10,13-14H2,2,4,6H3. The topological polar surface area (TPSA) is 109 Å². The number of fused-ring (bicyclic) bond motifs is 1. The summed E-state index contributed by atoms with van der Waals surface area (Å²) >= 11 is 0. The van der Waals surface area contributed by atoms with Crippen LogP contribution in [-0.4, -0.2) is 31.1 Å². The quantitative estimate of drug-likeness (QED) is 0.103. The van der Waals surface area contributed by atoms with E-state index in [0.717, 1.165) is 11.6 Å². The zero-order valence-corrected chi connectivity index (χ0v) is 24.0. The molecule has 0 bridgehead atoms. The lowest BCUT2D eigenvalue weighted by Gasteiger charge is -2.12. The lowest BCUT2D eigenvalue weighted by molar-refractivity contribution is -0.139. The molecule has 220 valence electrons. The fourth-order valence-corrected chi connectivity index (χ4v) is 3.98. The van der Waals surface area contributed by atoms with Gasteiger partial charge in [0.2, 0.25) is 5.43 Å². The lowest BCUT2D eigenvalue weighted by Crippen LogP contribution is -2.10. The van der Waals surface area contributed by atoms with E-state index in [1.165, 1.54) is 25.3 Å². The molecule has 1 heterocycles. The van der Waals surface area contributed by atoms with Crippen LogP contribution in [0.2, 0.25) is 0 Å². The molecule has 42 heavy (non-hydrogen) atoms. The van der Waals surface area contributed by atoms with Crippen LogP contribution < -0.4 is 10.2 Å². The minimum absolute atomic E-state index is 0.00773. The van der Waals surface area contributed by atoms with Crippen molar-refractivity contribution in [1.82, 2.24) is 0 Å². The summed E-state index contributed by atoms with van der Waals surface area (Å²) in [5.41, 5.74) is 2.10. The molecule has 0 saturated carbocycles. The maximum atomic E-state index is 15.1. The molecule has 0 N–H and O–H groups in total. The Labute approximate surface area is 243 Å². The number of esters is 3. The SMILES string of the molecule is C=C(C)C(=O)OCCCc1cc(CCCOC(=O)C(=C)C)c2occ(-c3ccc(OC(=O)C(=C)C)cc3F)c(=O)c2c1. The summed E-state index contributed by atoms with van der Waals surface area (Å²) in [4.78, 5) is 48.9. The number of rotatable bonds is 13. The number of halogens is 1. The molecule has 3 aromatic rings. The van der Waals surface area contributed by atoms with Gasteiger partial charge in [-0.05, 0) is 75.8 Å². The summed E-state index contributed by atoms with van der Waals surface area (Å²) in [6, 6.07) is 7.29. The Balaban J connectivity index is 1.94. The maximum Gasteiger partial charge on any atom is 0.338 e. The minimum atomic E-state index is -0.774. The van der Waals surface area contributed by atoms with Gasteiger partial charge in [-0.2, -0.15) is 0 Å². The van der Waals surface area contributed by atoms with Gasteiger partial charge in [0.1, 0.15) is 23.4 Å². The van der Waals surface area contributed by atoms with Crippen LogP contribution in [0.25, 0.3) is 22.1 Å². The van der Waals surface area contributed by atoms with Gasteiger partial charge in [0.15, 0.2) is 0 Å². The largest absolute Gasteiger partial charge is 0.463 e. The molecule has 0 saturated heterocycles. The van der Waals surface area contributed by atoms with Crippen LogP contribution >= 0.6 is 0 Å². The van der Waals surface area contributed by atoms with Crippen LogP contribution in [0.15, 0.2) is 82.3 Å². The molecule has 9 heteroatoms. The monoisotopic (exact) mass is 576 g/mol. The summed E-state index contributed by atoms with van der Waals surface area (Å²) in [6.45, 7) is 15.5. The second-order valence-corrected chi connectivity index (χ2v) is 9.96. The van der Waals surface area contributed by atoms with Crippen molar-refractivity contribution in [2.45, 2.75) is 46.5 Å². The molecule has 0 aliphatic rings. The summed E-state index contributed by atoms with van der Waals surface area (Å²) in [7, 11) is 0. The zero-order chi connectivity index (χ0) is 31.0. The Morgan fingerprint density at radius 2 is 1.40 bits per heavy atom. The van der Waals surface area contributed by atoms with Crippen LogP contribution in [0.4, 0.5) is 4.39 Å². The average Bonchev–Trinajstić information content (AvgIpc) is 2.93. The van der Waals surface area contributed by atoms with E-state index in [0.29, 0.717) is 48.0 Å². The van der Waals surface area contributed by atoms with E-state index in [2.05, 4.69) is 19.7 Å². The Kier molecular flexibility index (Phi) is 10.7. The van der Waals surface area contributed by atoms with Crippen molar-refractivity contribution in [3.63, 3.8) is 0 Å². The molecule has 0 aliphatic carbocycles. The summed E-state index contributed by atoms with van der Waals surface area (Å²) in [5, 5.41) is 0.245. The number of hydrogen-bond acceptors (Lipinski definition) is 8. The van der Waals surface area contributed by atoms with Crippen LogP contribution in [0.1, 0.15) is 44.7 Å². The smallest absolute Gasteiger partial charge is 0.338 e. The highest BCUT2D eigenvalue weighted by Gasteiger charge is 2.18. The number of benzene rings is 2. The fourth-order valence-electron chi connectivity index (χ4n) is 3.98. The molecule has 0 atom stereocenters. The van der Waals surface area contributed by atoms with Gasteiger partial charge >= 0.3 is 17.9 Å². The molecule has 0 fully saturated rings. The molecule has 2 aromatic carbocycles. The number of aryl methyl sites for hydroxylation is 2. The number of hydrogen-bond donors (Lipinski definition) is 0. The van der Waals surface area contributed by atoms with E-state index in [1.807, 2.05) is 6.07 Å². The van der Waals surface area contributed by atoms with Crippen molar-refractivity contribution < 1.29 is 37.4 Å². The molecule has 0 amide bonds. The van der Waals surface area contributed by atoms with E-state index in [1.54, 1.807) is 19.9 Å². The summed E-state index contributed by atoms with van der Waals surface area (Å²) < 4.78 is 36.4. The van der Waals surface area contributed by atoms with Crippen molar-refractivity contribution in [2.75, 3.05) is 13.2 Å². The number of carbonyl (C=O) groups excluding carboxylic acids is 3. The minimum Gasteiger partial charge on any atom is -0.463 e. The molecule has 1 aromatic heterocycles. The third kappa shape index (κ3) is 8.13. The molecule has 0 spiro atoms. The van der Waals surface area contributed by atoms with Crippen LogP contribution in [0.3, 0.4) is 0 Å². The first-order valence-corrected chi connectivity index (χ1v) is 13.3. The number of carbonyl (C=O) groups is 3. The van der Waals surface area contributed by atoms with E-state index < -0.39 is 29.2 Å². The van der Waals surface area contributed by atoms with Crippen molar-refractivity contribution >= 4 is 28.9 Å². The van der Waals surface area contributed by atoms with Gasteiger partial charge in [-0.1, -0.05) is 25.8 Å². The molecule has 8 nitrogen and oxygen atoms in total. The highest BCUT2D eigenvalue weighted by atomic mass is 19.1. The van der Waals surface area contributed by atoms with E-state index >= 15 is 4.39 Å². The van der Waals surface area contributed by atoms with Gasteiger partial charge < -0.3 is 18.6 Å². The Morgan fingerprint density at radius 3 is 1.98 bits per heavy atom. The second kappa shape index (κ2) is 14.2. The van der Waals surface area contributed by atoms with Crippen molar-refractivity contribution in [3.05, 3.63) is 100 Å². The summed E-state index contributed by atoms with van der Waals surface area (Å²) in [6.07, 6.45) is 3.06. The fraction of sp³-hybridized carbons (Fsp3) is 0.273. The predicted octanol–water partition coefficient (Wildman–Crippen LogP) is 6.18. The average molecular weight is 577 g/mol. The highest BCUT2D eigenvalue weighted by molar-refractivity contribution is 5.89. The first kappa shape index (κ1) is 31.7. The first-order valence-electron chi connectivity index (χ1n) is 13.3. The molecule has 0 radical (unpaired) electrons. The molecule has 3 rings (SSSR count). The van der Waals surface area contributed by atoms with Gasteiger partial charge in [0.25, 0.3) is 0 Å². The van der Waals surface area contributed by atoms with Gasteiger partial charge in [-0.3, -0.25) is 4.79 Å². The Bertz CT molecular complexity index is 1630. The maximum absolute atomic E-state index is 15.1. The van der Waals surface area contributed by atoms with Crippen molar-refractivity contribution in [1.29, 1.82) is 0 Å². The molecular weight excluding hydrogens is 543 g/mol. The lowest BCUT2D eigenvalue weighted by atomic mass is 9.97. The Hall–Kier alpha value is -4.79. The van der Waals surface area contributed by atoms with Crippen molar-refractivity contribution in [2.24, 2.45) is 0 Å². The normalized spacial score (nSPS) is 10.7. The van der Waals surface area contributed by atoms with Crippen LogP contribution in [0.5, 0.6) is 5.75 Å². The van der Waals surface area contributed by atoms with Crippen LogP contribution in [0, 0.1) is 5.82 Å². The third-order valence-corrected chi connectivity index (χ3v) is 6.16. The van der Waals surface area contributed by atoms with Crippen LogP contribution in [-0.2, 0) is 36.7 Å². The number of ether oxygens (including phenoxy) is 3. The zero-order valence-electron chi connectivity index (χ0n) is 24.0. The third-order valence-electron chi connectivity index (χ3n) is 6.16. The summed E-state index contributed by atoms with van der Waals surface area (Å²) in [5.74, 6) is -2.47. The first-order chi connectivity index (χ1) is 19.9. The van der Waals surface area contributed by atoms with E-state index in [4.69, 9.17) is 18.6 Å². The second-order valence-electron chi connectivity index (χ2n) is 9.96. The van der Waals surface area contributed by atoms with Gasteiger partial charge in [0.05, 0.1) is 24.2 Å². The Morgan fingerprint density at radius 1 is 0.810 bits per heavy atom. The van der Waals surface area contributed by atoms with E-state index in [-0.39, 0.29) is 41.0 Å². The molecule has 0 aliphatic heterocycles. The molecular formula is C33H33FO8. The van der Waals surface area contributed by atoms with Gasteiger partial charge in [0, 0.05) is 28.3 Å². The molecule has 0 unspecified atom stereocenters. The predicted molar refractivity (Wildman–Crippen MR) is 157 cm³/mol.